The van der Waals surface area contributed by atoms with Gasteiger partial charge in [0.25, 0.3) is 5.91 Å². The van der Waals surface area contributed by atoms with Gasteiger partial charge in [0.2, 0.25) is 0 Å². The van der Waals surface area contributed by atoms with E-state index in [1.54, 1.807) is 17.5 Å². The number of aryl methyl sites for hydroxylation is 3. The van der Waals surface area contributed by atoms with Crippen LogP contribution in [0.2, 0.25) is 0 Å². The van der Waals surface area contributed by atoms with Gasteiger partial charge in [-0.2, -0.15) is 0 Å². The summed E-state index contributed by atoms with van der Waals surface area (Å²) in [4.78, 5) is 19.1. The van der Waals surface area contributed by atoms with E-state index < -0.39 is 0 Å². The van der Waals surface area contributed by atoms with Crippen LogP contribution in [0.3, 0.4) is 0 Å². The van der Waals surface area contributed by atoms with E-state index in [0.717, 1.165) is 36.4 Å². The van der Waals surface area contributed by atoms with Crippen LogP contribution in [0.15, 0.2) is 18.5 Å². The van der Waals surface area contributed by atoms with Gasteiger partial charge in [-0.05, 0) is 37.3 Å². The highest BCUT2D eigenvalue weighted by Gasteiger charge is 2.28. The summed E-state index contributed by atoms with van der Waals surface area (Å²) in [5.74, 6) is 0.994. The summed E-state index contributed by atoms with van der Waals surface area (Å²) in [7, 11) is 1.97. The van der Waals surface area contributed by atoms with Crippen molar-refractivity contribution in [3.05, 3.63) is 39.6 Å². The minimum absolute atomic E-state index is 0.0395. The van der Waals surface area contributed by atoms with Crippen molar-refractivity contribution in [2.75, 3.05) is 6.61 Å². The van der Waals surface area contributed by atoms with Gasteiger partial charge in [0.15, 0.2) is 0 Å². The molecule has 23 heavy (non-hydrogen) atoms. The van der Waals surface area contributed by atoms with E-state index in [-0.39, 0.29) is 18.1 Å². The Labute approximate surface area is 139 Å². The Morgan fingerprint density at radius 2 is 2.39 bits per heavy atom. The number of carbonyl (C=O) groups is 1. The SMILES string of the molecule is Cn1ccnc1C1CC(NC(=O)c2cc3c(s2)CCC3)CCO1. The lowest BCUT2D eigenvalue weighted by atomic mass is 10.0. The fraction of sp³-hybridized carbons (Fsp3) is 0.529. The molecule has 2 aromatic heterocycles. The van der Waals surface area contributed by atoms with Crippen molar-refractivity contribution in [1.29, 1.82) is 0 Å². The van der Waals surface area contributed by atoms with Gasteiger partial charge in [-0.1, -0.05) is 0 Å². The Kier molecular flexibility index (Phi) is 3.95. The molecule has 6 heteroatoms. The monoisotopic (exact) mass is 331 g/mol. The van der Waals surface area contributed by atoms with Crippen molar-refractivity contribution in [3.8, 4) is 0 Å². The van der Waals surface area contributed by atoms with Crippen LogP contribution >= 0.6 is 11.3 Å². The van der Waals surface area contributed by atoms with Gasteiger partial charge in [-0.3, -0.25) is 4.79 Å². The topological polar surface area (TPSA) is 56.2 Å². The molecular formula is C17H21N3O2S. The molecule has 2 atom stereocenters. The summed E-state index contributed by atoms with van der Waals surface area (Å²) < 4.78 is 7.82. The van der Waals surface area contributed by atoms with Crippen molar-refractivity contribution in [2.45, 2.75) is 44.2 Å². The molecule has 1 amide bonds. The van der Waals surface area contributed by atoms with E-state index in [4.69, 9.17) is 4.74 Å². The molecule has 2 aliphatic rings. The van der Waals surface area contributed by atoms with Crippen LogP contribution in [-0.4, -0.2) is 28.1 Å². The average molecular weight is 331 g/mol. The van der Waals surface area contributed by atoms with Crippen LogP contribution in [0.4, 0.5) is 0 Å². The van der Waals surface area contributed by atoms with Crippen LogP contribution in [-0.2, 0) is 24.6 Å². The predicted molar refractivity (Wildman–Crippen MR) is 88.7 cm³/mol. The minimum Gasteiger partial charge on any atom is -0.370 e. The molecule has 122 valence electrons. The number of amides is 1. The van der Waals surface area contributed by atoms with Crippen LogP contribution in [0.5, 0.6) is 0 Å². The lowest BCUT2D eigenvalue weighted by Gasteiger charge is -2.29. The number of ether oxygens (including phenoxy) is 1. The predicted octanol–water partition coefficient (Wildman–Crippen LogP) is 2.62. The maximum atomic E-state index is 12.5. The number of nitrogens with zero attached hydrogens (tertiary/aromatic N) is 2. The second kappa shape index (κ2) is 6.09. The molecule has 0 saturated carbocycles. The second-order valence-corrected chi connectivity index (χ2v) is 7.50. The summed E-state index contributed by atoms with van der Waals surface area (Å²) in [5.41, 5.74) is 1.37. The highest BCUT2D eigenvalue weighted by atomic mass is 32.1. The molecule has 0 radical (unpaired) electrons. The van der Waals surface area contributed by atoms with Crippen molar-refractivity contribution in [2.24, 2.45) is 7.05 Å². The number of rotatable bonds is 3. The molecular weight excluding hydrogens is 310 g/mol. The zero-order valence-corrected chi connectivity index (χ0v) is 14.1. The zero-order chi connectivity index (χ0) is 15.8. The van der Waals surface area contributed by atoms with Gasteiger partial charge in [-0.25, -0.2) is 4.98 Å². The third kappa shape index (κ3) is 2.93. The molecule has 4 rings (SSSR count). The molecule has 1 aliphatic heterocycles. The lowest BCUT2D eigenvalue weighted by molar-refractivity contribution is -0.00550. The molecule has 2 aromatic rings. The molecule has 1 aliphatic carbocycles. The van der Waals surface area contributed by atoms with Gasteiger partial charge >= 0.3 is 0 Å². The van der Waals surface area contributed by atoms with Crippen LogP contribution in [0.25, 0.3) is 0 Å². The second-order valence-electron chi connectivity index (χ2n) is 6.36. The maximum absolute atomic E-state index is 12.5. The Morgan fingerprint density at radius 1 is 1.48 bits per heavy atom. The highest BCUT2D eigenvalue weighted by Crippen LogP contribution is 2.31. The van der Waals surface area contributed by atoms with Gasteiger partial charge in [0, 0.05) is 43.4 Å². The largest absolute Gasteiger partial charge is 0.370 e. The first-order chi connectivity index (χ1) is 11.2. The first-order valence-corrected chi connectivity index (χ1v) is 9.03. The number of hydrogen-bond acceptors (Lipinski definition) is 4. The number of fused-ring (bicyclic) bond motifs is 1. The number of nitrogens with one attached hydrogen (secondary N) is 1. The van der Waals surface area contributed by atoms with E-state index in [9.17, 15) is 4.79 Å². The fourth-order valence-corrected chi connectivity index (χ4v) is 4.65. The van der Waals surface area contributed by atoms with Crippen molar-refractivity contribution in [1.82, 2.24) is 14.9 Å². The molecule has 0 spiro atoms. The highest BCUT2D eigenvalue weighted by molar-refractivity contribution is 7.14. The lowest BCUT2D eigenvalue weighted by Crippen LogP contribution is -2.40. The molecule has 0 aromatic carbocycles. The van der Waals surface area contributed by atoms with Gasteiger partial charge in [-0.15, -0.1) is 11.3 Å². The Bertz CT molecular complexity index is 700. The van der Waals surface area contributed by atoms with Gasteiger partial charge in [0.05, 0.1) is 4.88 Å². The Hall–Kier alpha value is -1.66. The van der Waals surface area contributed by atoms with Crippen molar-refractivity contribution >= 4 is 17.2 Å². The zero-order valence-electron chi connectivity index (χ0n) is 13.2. The molecule has 3 heterocycles. The standard InChI is InChI=1S/C17H21N3O2S/c1-20-7-6-18-16(20)13-10-12(5-8-22-13)19-17(21)15-9-11-3-2-4-14(11)23-15/h6-7,9,12-13H,2-5,8,10H2,1H3,(H,19,21). The summed E-state index contributed by atoms with van der Waals surface area (Å²) in [6.45, 7) is 0.656. The van der Waals surface area contributed by atoms with E-state index in [0.29, 0.717) is 6.61 Å². The van der Waals surface area contributed by atoms with Crippen LogP contribution in [0, 0.1) is 0 Å². The van der Waals surface area contributed by atoms with Gasteiger partial charge < -0.3 is 14.6 Å². The summed E-state index contributed by atoms with van der Waals surface area (Å²) in [5, 5.41) is 3.19. The molecule has 5 nitrogen and oxygen atoms in total. The summed E-state index contributed by atoms with van der Waals surface area (Å²) >= 11 is 1.66. The third-order valence-corrected chi connectivity index (χ3v) is 5.97. The Balaban J connectivity index is 1.41. The molecule has 1 N–H and O–H groups in total. The van der Waals surface area contributed by atoms with Crippen molar-refractivity contribution < 1.29 is 9.53 Å². The van der Waals surface area contributed by atoms with E-state index >= 15 is 0 Å². The maximum Gasteiger partial charge on any atom is 0.261 e. The smallest absolute Gasteiger partial charge is 0.261 e. The van der Waals surface area contributed by atoms with E-state index in [1.165, 1.54) is 16.9 Å². The van der Waals surface area contributed by atoms with E-state index in [1.807, 2.05) is 17.8 Å². The van der Waals surface area contributed by atoms with E-state index in [2.05, 4.69) is 16.4 Å². The minimum atomic E-state index is -0.0395. The molecule has 0 bridgehead atoms. The number of hydrogen-bond donors (Lipinski definition) is 1. The van der Waals surface area contributed by atoms with Gasteiger partial charge in [0.1, 0.15) is 11.9 Å². The molecule has 2 unspecified atom stereocenters. The molecule has 1 saturated heterocycles. The number of imidazole rings is 1. The van der Waals surface area contributed by atoms with Crippen LogP contribution in [0.1, 0.15) is 51.3 Å². The van der Waals surface area contributed by atoms with Crippen molar-refractivity contribution in [3.63, 3.8) is 0 Å². The fourth-order valence-electron chi connectivity index (χ4n) is 3.49. The third-order valence-electron chi connectivity index (χ3n) is 4.74. The normalized spacial score (nSPS) is 23.7. The number of thiophene rings is 1. The first kappa shape index (κ1) is 14.9. The number of aromatic nitrogens is 2. The summed E-state index contributed by atoms with van der Waals surface area (Å²) in [6, 6.07) is 2.23. The quantitative estimate of drug-likeness (QED) is 0.940. The average Bonchev–Trinajstić information content (AvgIpc) is 3.22. The summed E-state index contributed by atoms with van der Waals surface area (Å²) in [6.07, 6.45) is 8.79. The number of carbonyl (C=O) groups excluding carboxylic acids is 1. The Morgan fingerprint density at radius 3 is 3.17 bits per heavy atom. The first-order valence-electron chi connectivity index (χ1n) is 8.22. The van der Waals surface area contributed by atoms with Crippen LogP contribution < -0.4 is 5.32 Å². The molecule has 1 fully saturated rings.